The van der Waals surface area contributed by atoms with Crippen LogP contribution in [0, 0.1) is 5.41 Å². The van der Waals surface area contributed by atoms with Crippen molar-refractivity contribution >= 4 is 16.7 Å². The van der Waals surface area contributed by atoms with Crippen LogP contribution in [0.4, 0.5) is 0 Å². The van der Waals surface area contributed by atoms with Crippen LogP contribution >= 0.6 is 0 Å². The van der Waals surface area contributed by atoms with E-state index in [9.17, 15) is 0 Å². The second-order valence-corrected chi connectivity index (χ2v) is 4.09. The molecule has 0 unspecified atom stereocenters. The number of nitrogens with one attached hydrogen (secondary N) is 1. The summed E-state index contributed by atoms with van der Waals surface area (Å²) in [6.45, 7) is 0. The van der Waals surface area contributed by atoms with Crippen molar-refractivity contribution in [3.8, 4) is 0 Å². The van der Waals surface area contributed by atoms with E-state index < -0.39 is 0 Å². The number of hydrogen-bond acceptors (Lipinski definition) is 4. The Morgan fingerprint density at radius 3 is 3.06 bits per heavy atom. The Balaban J connectivity index is 1.97. The molecule has 0 amide bonds. The highest BCUT2D eigenvalue weighted by Crippen LogP contribution is 2.11. The highest BCUT2D eigenvalue weighted by molar-refractivity contribution is 5.92. The fourth-order valence-corrected chi connectivity index (χ4v) is 1.79. The average Bonchev–Trinajstić information content (AvgIpc) is 2.39. The SMILES string of the molecule is N=C(/C=C\N)CCCc1ccc2cccnc2n1. The van der Waals surface area contributed by atoms with Gasteiger partial charge in [0, 0.05) is 23.0 Å². The summed E-state index contributed by atoms with van der Waals surface area (Å²) in [4.78, 5) is 8.73. The van der Waals surface area contributed by atoms with E-state index in [0.29, 0.717) is 5.71 Å². The minimum Gasteiger partial charge on any atom is -0.405 e. The Morgan fingerprint density at radius 1 is 1.33 bits per heavy atom. The van der Waals surface area contributed by atoms with Gasteiger partial charge in [-0.25, -0.2) is 9.97 Å². The number of pyridine rings is 2. The molecule has 0 saturated carbocycles. The Kier molecular flexibility index (Phi) is 4.02. The van der Waals surface area contributed by atoms with Gasteiger partial charge in [-0.3, -0.25) is 0 Å². The average molecular weight is 240 g/mol. The van der Waals surface area contributed by atoms with Crippen LogP contribution in [-0.4, -0.2) is 15.7 Å². The van der Waals surface area contributed by atoms with E-state index in [1.807, 2.05) is 24.3 Å². The zero-order chi connectivity index (χ0) is 12.8. The molecule has 2 aromatic heterocycles. The van der Waals surface area contributed by atoms with Crippen molar-refractivity contribution in [1.82, 2.24) is 9.97 Å². The molecule has 0 aliphatic rings. The molecule has 2 rings (SSSR count). The van der Waals surface area contributed by atoms with E-state index in [1.54, 1.807) is 12.3 Å². The van der Waals surface area contributed by atoms with Crippen LogP contribution in [0.2, 0.25) is 0 Å². The highest BCUT2D eigenvalue weighted by atomic mass is 14.8. The summed E-state index contributed by atoms with van der Waals surface area (Å²) in [7, 11) is 0. The van der Waals surface area contributed by atoms with Crippen LogP contribution in [-0.2, 0) is 6.42 Å². The maximum absolute atomic E-state index is 7.59. The topological polar surface area (TPSA) is 75.7 Å². The molecule has 92 valence electrons. The first-order valence-corrected chi connectivity index (χ1v) is 5.96. The number of aromatic nitrogens is 2. The lowest BCUT2D eigenvalue weighted by atomic mass is 10.1. The van der Waals surface area contributed by atoms with Crippen LogP contribution in [0.1, 0.15) is 18.5 Å². The number of hydrogen-bond donors (Lipinski definition) is 2. The monoisotopic (exact) mass is 240 g/mol. The number of nitrogens with two attached hydrogens (primary N) is 1. The molecule has 0 bridgehead atoms. The van der Waals surface area contributed by atoms with Crippen molar-refractivity contribution in [1.29, 1.82) is 5.41 Å². The van der Waals surface area contributed by atoms with Crippen LogP contribution in [0.15, 0.2) is 42.7 Å². The summed E-state index contributed by atoms with van der Waals surface area (Å²) >= 11 is 0. The summed E-state index contributed by atoms with van der Waals surface area (Å²) in [5, 5.41) is 8.64. The Hall–Kier alpha value is -2.23. The van der Waals surface area contributed by atoms with Crippen molar-refractivity contribution in [2.75, 3.05) is 0 Å². The van der Waals surface area contributed by atoms with Gasteiger partial charge in [0.15, 0.2) is 5.65 Å². The maximum atomic E-state index is 7.59. The predicted octanol–water partition coefficient (Wildman–Crippen LogP) is 2.44. The molecule has 18 heavy (non-hydrogen) atoms. The summed E-state index contributed by atoms with van der Waals surface area (Å²) < 4.78 is 0. The normalized spacial score (nSPS) is 11.1. The van der Waals surface area contributed by atoms with Crippen molar-refractivity contribution in [2.24, 2.45) is 5.73 Å². The van der Waals surface area contributed by atoms with E-state index in [1.165, 1.54) is 6.20 Å². The summed E-state index contributed by atoms with van der Waals surface area (Å²) in [6.07, 6.45) is 7.24. The molecule has 0 radical (unpaired) electrons. The van der Waals surface area contributed by atoms with Crippen molar-refractivity contribution < 1.29 is 0 Å². The number of allylic oxidation sites excluding steroid dienone is 1. The number of nitrogens with zero attached hydrogens (tertiary/aromatic N) is 2. The molecule has 4 nitrogen and oxygen atoms in total. The van der Waals surface area contributed by atoms with Gasteiger partial charge in [0.2, 0.25) is 0 Å². The van der Waals surface area contributed by atoms with Crippen LogP contribution in [0.25, 0.3) is 11.0 Å². The van der Waals surface area contributed by atoms with Gasteiger partial charge < -0.3 is 11.1 Å². The highest BCUT2D eigenvalue weighted by Gasteiger charge is 2.00. The molecule has 0 aromatic carbocycles. The Morgan fingerprint density at radius 2 is 2.22 bits per heavy atom. The molecule has 0 aliphatic carbocycles. The third-order valence-electron chi connectivity index (χ3n) is 2.70. The van der Waals surface area contributed by atoms with Gasteiger partial charge in [-0.05, 0) is 55.8 Å². The molecule has 0 fully saturated rings. The fraction of sp³-hybridized carbons (Fsp3) is 0.214. The Labute approximate surface area is 106 Å². The third-order valence-corrected chi connectivity index (χ3v) is 2.70. The molecular weight excluding hydrogens is 224 g/mol. The van der Waals surface area contributed by atoms with Gasteiger partial charge in [-0.1, -0.05) is 0 Å². The molecule has 0 aliphatic heterocycles. The zero-order valence-electron chi connectivity index (χ0n) is 10.1. The minimum absolute atomic E-state index is 0.552. The minimum atomic E-state index is 0.552. The second kappa shape index (κ2) is 5.91. The van der Waals surface area contributed by atoms with Crippen molar-refractivity contribution in [3.63, 3.8) is 0 Å². The lowest BCUT2D eigenvalue weighted by Gasteiger charge is -2.02. The van der Waals surface area contributed by atoms with E-state index in [4.69, 9.17) is 11.1 Å². The summed E-state index contributed by atoms with van der Waals surface area (Å²) in [5.41, 5.74) is 7.59. The van der Waals surface area contributed by atoms with Gasteiger partial charge in [0.05, 0.1) is 0 Å². The van der Waals surface area contributed by atoms with Gasteiger partial charge in [-0.2, -0.15) is 0 Å². The smallest absolute Gasteiger partial charge is 0.159 e. The second-order valence-electron chi connectivity index (χ2n) is 4.09. The van der Waals surface area contributed by atoms with Crippen molar-refractivity contribution in [2.45, 2.75) is 19.3 Å². The van der Waals surface area contributed by atoms with Crippen LogP contribution in [0.3, 0.4) is 0 Å². The van der Waals surface area contributed by atoms with Crippen molar-refractivity contribution in [3.05, 3.63) is 48.4 Å². The van der Waals surface area contributed by atoms with E-state index in [2.05, 4.69) is 9.97 Å². The van der Waals surface area contributed by atoms with Crippen LogP contribution in [0.5, 0.6) is 0 Å². The van der Waals surface area contributed by atoms with Gasteiger partial charge >= 0.3 is 0 Å². The quantitative estimate of drug-likeness (QED) is 0.788. The summed E-state index contributed by atoms with van der Waals surface area (Å²) in [5.74, 6) is 0. The lowest BCUT2D eigenvalue weighted by Crippen LogP contribution is -1.97. The molecule has 3 N–H and O–H groups in total. The first-order chi connectivity index (χ1) is 8.79. The molecule has 0 atom stereocenters. The number of aryl methyl sites for hydroxylation is 1. The first kappa shape index (κ1) is 12.2. The summed E-state index contributed by atoms with van der Waals surface area (Å²) in [6, 6.07) is 7.97. The maximum Gasteiger partial charge on any atom is 0.159 e. The van der Waals surface area contributed by atoms with E-state index >= 15 is 0 Å². The molecule has 2 aromatic rings. The van der Waals surface area contributed by atoms with E-state index in [0.717, 1.165) is 36.0 Å². The van der Waals surface area contributed by atoms with Crippen LogP contribution < -0.4 is 5.73 Å². The largest absolute Gasteiger partial charge is 0.405 e. The third kappa shape index (κ3) is 3.13. The molecule has 0 spiro atoms. The van der Waals surface area contributed by atoms with Gasteiger partial charge in [0.1, 0.15) is 0 Å². The predicted molar refractivity (Wildman–Crippen MR) is 73.5 cm³/mol. The van der Waals surface area contributed by atoms with Gasteiger partial charge in [0.25, 0.3) is 0 Å². The molecule has 2 heterocycles. The molecular formula is C14H16N4. The zero-order valence-corrected chi connectivity index (χ0v) is 10.1. The van der Waals surface area contributed by atoms with Gasteiger partial charge in [-0.15, -0.1) is 0 Å². The molecule has 4 heteroatoms. The number of fused-ring (bicyclic) bond motifs is 1. The molecule has 0 saturated heterocycles. The Bertz CT molecular complexity index is 575. The van der Waals surface area contributed by atoms with E-state index in [-0.39, 0.29) is 0 Å². The first-order valence-electron chi connectivity index (χ1n) is 5.96. The lowest BCUT2D eigenvalue weighted by molar-refractivity contribution is 0.839. The number of rotatable bonds is 5. The standard InChI is InChI=1S/C14H16N4/c15-9-8-12(16)4-1-5-13-7-6-11-3-2-10-17-14(11)18-13/h2-3,6-10,16H,1,4-5,15H2/b9-8-,16-12?. The fourth-order valence-electron chi connectivity index (χ4n) is 1.79.